The maximum Gasteiger partial charge on any atom is 0.0368 e. The first kappa shape index (κ1) is 15.4. The van der Waals surface area contributed by atoms with Crippen molar-refractivity contribution < 1.29 is 0 Å². The Labute approximate surface area is 124 Å². The third kappa shape index (κ3) is 3.76. The molecule has 1 aromatic rings. The minimum atomic E-state index is 0.380. The van der Waals surface area contributed by atoms with Crippen molar-refractivity contribution in [2.45, 2.75) is 57.9 Å². The number of hydrogen-bond acceptors (Lipinski definition) is 2. The van der Waals surface area contributed by atoms with Crippen LogP contribution in [0.3, 0.4) is 0 Å². The van der Waals surface area contributed by atoms with Crippen LogP contribution in [-0.2, 0) is 0 Å². The molecule has 0 heterocycles. The zero-order chi connectivity index (χ0) is 14.6. The third-order valence-corrected chi connectivity index (χ3v) is 4.91. The molecule has 0 spiro atoms. The number of nitrogens with zero attached hydrogens (tertiary/aromatic N) is 1. The van der Waals surface area contributed by atoms with Crippen molar-refractivity contribution in [2.24, 2.45) is 0 Å². The minimum absolute atomic E-state index is 0.380. The summed E-state index contributed by atoms with van der Waals surface area (Å²) >= 11 is 0. The van der Waals surface area contributed by atoms with Crippen LogP contribution >= 0.6 is 0 Å². The van der Waals surface area contributed by atoms with E-state index in [-0.39, 0.29) is 0 Å². The normalized spacial score (nSPS) is 18.0. The Bertz CT molecular complexity index is 413. The van der Waals surface area contributed by atoms with Crippen LogP contribution in [-0.4, -0.2) is 26.2 Å². The van der Waals surface area contributed by atoms with Crippen LogP contribution in [0.25, 0.3) is 0 Å². The van der Waals surface area contributed by atoms with E-state index in [4.69, 9.17) is 0 Å². The van der Waals surface area contributed by atoms with E-state index < -0.39 is 0 Å². The van der Waals surface area contributed by atoms with Crippen LogP contribution in [0, 0.1) is 13.8 Å². The number of rotatable bonds is 5. The van der Waals surface area contributed by atoms with E-state index in [1.165, 1.54) is 55.3 Å². The summed E-state index contributed by atoms with van der Waals surface area (Å²) in [4.78, 5) is 2.41. The number of anilines is 1. The lowest BCUT2D eigenvalue weighted by molar-refractivity contribution is 0.233. The Morgan fingerprint density at radius 1 is 1.05 bits per heavy atom. The Kier molecular flexibility index (Phi) is 5.09. The fraction of sp³-hybridized carbons (Fsp3) is 0.667. The monoisotopic (exact) mass is 274 g/mol. The summed E-state index contributed by atoms with van der Waals surface area (Å²) in [6.45, 7) is 5.49. The summed E-state index contributed by atoms with van der Waals surface area (Å²) in [5.74, 6) is 0. The van der Waals surface area contributed by atoms with Gasteiger partial charge in [0.15, 0.2) is 0 Å². The van der Waals surface area contributed by atoms with Crippen LogP contribution in [0.1, 0.15) is 49.7 Å². The number of nitrogens with one attached hydrogen (secondary N) is 1. The van der Waals surface area contributed by atoms with E-state index in [1.54, 1.807) is 0 Å². The van der Waals surface area contributed by atoms with Gasteiger partial charge in [-0.1, -0.05) is 25.3 Å². The van der Waals surface area contributed by atoms with Gasteiger partial charge in [0.1, 0.15) is 0 Å². The molecular weight excluding hydrogens is 244 g/mol. The summed E-state index contributed by atoms with van der Waals surface area (Å²) < 4.78 is 0. The van der Waals surface area contributed by atoms with Gasteiger partial charge in [0.25, 0.3) is 0 Å². The molecule has 1 aliphatic carbocycles. The Morgan fingerprint density at radius 2 is 1.65 bits per heavy atom. The van der Waals surface area contributed by atoms with Crippen molar-refractivity contribution in [2.75, 3.05) is 25.5 Å². The average Bonchev–Trinajstić information content (AvgIpc) is 2.45. The molecule has 0 atom stereocenters. The highest BCUT2D eigenvalue weighted by Crippen LogP contribution is 2.31. The number of benzene rings is 1. The lowest BCUT2D eigenvalue weighted by Gasteiger charge is -2.38. The van der Waals surface area contributed by atoms with E-state index in [2.05, 4.69) is 56.4 Å². The molecule has 20 heavy (non-hydrogen) atoms. The molecule has 1 N–H and O–H groups in total. The van der Waals surface area contributed by atoms with Crippen molar-refractivity contribution >= 4 is 5.69 Å². The first-order chi connectivity index (χ1) is 9.54. The first-order valence-corrected chi connectivity index (χ1v) is 8.03. The Hall–Kier alpha value is -1.02. The van der Waals surface area contributed by atoms with Crippen molar-refractivity contribution in [1.29, 1.82) is 0 Å². The average molecular weight is 274 g/mol. The molecule has 0 aliphatic heterocycles. The summed E-state index contributed by atoms with van der Waals surface area (Å²) in [5.41, 5.74) is 4.44. The fourth-order valence-electron chi connectivity index (χ4n) is 3.54. The molecule has 0 radical (unpaired) electrons. The van der Waals surface area contributed by atoms with Gasteiger partial charge in [-0.25, -0.2) is 0 Å². The summed E-state index contributed by atoms with van der Waals surface area (Å²) in [6, 6.07) is 6.83. The zero-order valence-corrected chi connectivity index (χ0v) is 13.6. The molecule has 0 bridgehead atoms. The van der Waals surface area contributed by atoms with Crippen LogP contribution in [0.4, 0.5) is 5.69 Å². The molecule has 1 aliphatic rings. The molecule has 0 saturated heterocycles. The maximum absolute atomic E-state index is 3.62. The van der Waals surface area contributed by atoms with E-state index in [9.17, 15) is 0 Å². The van der Waals surface area contributed by atoms with Gasteiger partial charge in [-0.3, -0.25) is 0 Å². The SMILES string of the molecule is CNC1(CCN(C)c2cc(C)cc(C)c2)CCCCC1. The molecule has 2 nitrogen and oxygen atoms in total. The highest BCUT2D eigenvalue weighted by Gasteiger charge is 2.29. The summed E-state index contributed by atoms with van der Waals surface area (Å²) in [6.07, 6.45) is 8.10. The standard InChI is InChI=1S/C18H30N2/c1-15-12-16(2)14-17(13-15)20(4)11-10-18(19-3)8-6-5-7-9-18/h12-14,19H,5-11H2,1-4H3. The van der Waals surface area contributed by atoms with E-state index >= 15 is 0 Å². The fourth-order valence-corrected chi connectivity index (χ4v) is 3.54. The van der Waals surface area contributed by atoms with Gasteiger partial charge in [-0.2, -0.15) is 0 Å². The molecule has 1 saturated carbocycles. The summed E-state index contributed by atoms with van der Waals surface area (Å²) in [5, 5.41) is 3.62. The van der Waals surface area contributed by atoms with E-state index in [0.29, 0.717) is 5.54 Å². The smallest absolute Gasteiger partial charge is 0.0368 e. The van der Waals surface area contributed by atoms with Crippen molar-refractivity contribution in [3.8, 4) is 0 Å². The van der Waals surface area contributed by atoms with E-state index in [0.717, 1.165) is 6.54 Å². The third-order valence-electron chi connectivity index (χ3n) is 4.91. The van der Waals surface area contributed by atoms with Gasteiger partial charge in [0.05, 0.1) is 0 Å². The first-order valence-electron chi connectivity index (χ1n) is 8.03. The van der Waals surface area contributed by atoms with Gasteiger partial charge in [-0.05, 0) is 63.4 Å². The molecule has 0 amide bonds. The second kappa shape index (κ2) is 6.62. The molecule has 112 valence electrons. The lowest BCUT2D eigenvalue weighted by Crippen LogP contribution is -2.46. The second-order valence-corrected chi connectivity index (χ2v) is 6.61. The Balaban J connectivity index is 1.98. The molecule has 1 aromatic carbocycles. The highest BCUT2D eigenvalue weighted by atomic mass is 15.1. The quantitative estimate of drug-likeness (QED) is 0.871. The van der Waals surface area contributed by atoms with Crippen molar-refractivity contribution in [3.63, 3.8) is 0 Å². The van der Waals surface area contributed by atoms with Crippen LogP contribution in [0.15, 0.2) is 18.2 Å². The topological polar surface area (TPSA) is 15.3 Å². The largest absolute Gasteiger partial charge is 0.375 e. The second-order valence-electron chi connectivity index (χ2n) is 6.61. The van der Waals surface area contributed by atoms with Crippen LogP contribution in [0.5, 0.6) is 0 Å². The molecule has 2 heteroatoms. The predicted molar refractivity (Wildman–Crippen MR) is 88.7 cm³/mol. The molecule has 0 aromatic heterocycles. The van der Waals surface area contributed by atoms with Crippen molar-refractivity contribution in [3.05, 3.63) is 29.3 Å². The zero-order valence-electron chi connectivity index (χ0n) is 13.6. The highest BCUT2D eigenvalue weighted by molar-refractivity contribution is 5.50. The maximum atomic E-state index is 3.62. The van der Waals surface area contributed by atoms with E-state index in [1.807, 2.05) is 0 Å². The van der Waals surface area contributed by atoms with Gasteiger partial charge in [-0.15, -0.1) is 0 Å². The van der Waals surface area contributed by atoms with Crippen LogP contribution < -0.4 is 10.2 Å². The lowest BCUT2D eigenvalue weighted by atomic mass is 9.79. The van der Waals surface area contributed by atoms with Crippen LogP contribution in [0.2, 0.25) is 0 Å². The van der Waals surface area contributed by atoms with Gasteiger partial charge >= 0.3 is 0 Å². The predicted octanol–water partition coefficient (Wildman–Crippen LogP) is 4.05. The van der Waals surface area contributed by atoms with Gasteiger partial charge < -0.3 is 10.2 Å². The van der Waals surface area contributed by atoms with Gasteiger partial charge in [0.2, 0.25) is 0 Å². The molecule has 0 unspecified atom stereocenters. The minimum Gasteiger partial charge on any atom is -0.375 e. The summed E-state index contributed by atoms with van der Waals surface area (Å²) in [7, 11) is 4.36. The number of hydrogen-bond donors (Lipinski definition) is 1. The van der Waals surface area contributed by atoms with Gasteiger partial charge in [0, 0.05) is 24.8 Å². The molecule has 2 rings (SSSR count). The molecule has 1 fully saturated rings. The molecular formula is C18H30N2. The Morgan fingerprint density at radius 3 is 2.20 bits per heavy atom. The number of aryl methyl sites for hydroxylation is 2. The van der Waals surface area contributed by atoms with Crippen molar-refractivity contribution in [1.82, 2.24) is 5.32 Å².